The zero-order chi connectivity index (χ0) is 17.8. The lowest BCUT2D eigenvalue weighted by Gasteiger charge is -2.33. The Kier molecular flexibility index (Phi) is 6.04. The molecule has 1 amide bonds. The van der Waals surface area contributed by atoms with Gasteiger partial charge < -0.3 is 10.1 Å². The van der Waals surface area contributed by atoms with Crippen LogP contribution in [0, 0.1) is 19.3 Å². The molecular formula is C20H31NO2. The van der Waals surface area contributed by atoms with E-state index in [1.54, 1.807) is 13.2 Å². The van der Waals surface area contributed by atoms with Gasteiger partial charge in [-0.15, -0.1) is 0 Å². The molecule has 0 radical (unpaired) electrons. The first-order valence-corrected chi connectivity index (χ1v) is 8.09. The fourth-order valence-electron chi connectivity index (χ4n) is 3.22. The normalized spacial score (nSPS) is 12.5. The van der Waals surface area contributed by atoms with E-state index in [2.05, 4.69) is 39.9 Å². The molecule has 23 heavy (non-hydrogen) atoms. The van der Waals surface area contributed by atoms with E-state index in [1.807, 2.05) is 32.1 Å². The standard InChI is InChI=1S/C20H31NO2/c1-14-11-16(23-8)12-15(2)17(14)9-10-18(22)21-20(6,7)13-19(3,4)5/h9-12H,13H2,1-8H3,(H,21,22)/b10-9+. The molecule has 0 aliphatic carbocycles. The molecule has 1 aromatic carbocycles. The molecular weight excluding hydrogens is 286 g/mol. The summed E-state index contributed by atoms with van der Waals surface area (Å²) in [5.74, 6) is 0.779. The van der Waals surface area contributed by atoms with Gasteiger partial charge in [0.05, 0.1) is 7.11 Å². The van der Waals surface area contributed by atoms with Crippen LogP contribution in [-0.4, -0.2) is 18.6 Å². The van der Waals surface area contributed by atoms with E-state index in [-0.39, 0.29) is 16.9 Å². The van der Waals surface area contributed by atoms with E-state index in [1.165, 1.54) is 0 Å². The fraction of sp³-hybridized carbons (Fsp3) is 0.550. The predicted octanol–water partition coefficient (Wildman–Crippen LogP) is 4.66. The first-order chi connectivity index (χ1) is 10.4. The van der Waals surface area contributed by atoms with Gasteiger partial charge in [-0.1, -0.05) is 20.8 Å². The first-order valence-electron chi connectivity index (χ1n) is 8.09. The van der Waals surface area contributed by atoms with Gasteiger partial charge >= 0.3 is 0 Å². The van der Waals surface area contributed by atoms with Crippen molar-refractivity contribution < 1.29 is 9.53 Å². The Balaban J connectivity index is 2.84. The maximum Gasteiger partial charge on any atom is 0.244 e. The number of carbonyl (C=O) groups excluding carboxylic acids is 1. The van der Waals surface area contributed by atoms with Gasteiger partial charge in [0.15, 0.2) is 0 Å². The highest BCUT2D eigenvalue weighted by atomic mass is 16.5. The summed E-state index contributed by atoms with van der Waals surface area (Å²) < 4.78 is 5.27. The van der Waals surface area contributed by atoms with Crippen molar-refractivity contribution in [1.82, 2.24) is 5.32 Å². The summed E-state index contributed by atoms with van der Waals surface area (Å²) in [6.45, 7) is 14.7. The van der Waals surface area contributed by atoms with Crippen LogP contribution < -0.4 is 10.1 Å². The van der Waals surface area contributed by atoms with Crippen LogP contribution in [0.1, 0.15) is 57.7 Å². The number of nitrogens with one attached hydrogen (secondary N) is 1. The van der Waals surface area contributed by atoms with E-state index >= 15 is 0 Å². The number of ether oxygens (including phenoxy) is 1. The van der Waals surface area contributed by atoms with Gasteiger partial charge in [-0.2, -0.15) is 0 Å². The largest absolute Gasteiger partial charge is 0.497 e. The average molecular weight is 317 g/mol. The molecule has 0 atom stereocenters. The SMILES string of the molecule is COc1cc(C)c(/C=C/C(=O)NC(C)(C)CC(C)(C)C)c(C)c1. The molecule has 1 aromatic rings. The van der Waals surface area contributed by atoms with Crippen molar-refractivity contribution in [2.75, 3.05) is 7.11 Å². The highest BCUT2D eigenvalue weighted by Crippen LogP contribution is 2.27. The number of hydrogen-bond donors (Lipinski definition) is 1. The van der Waals surface area contributed by atoms with Crippen molar-refractivity contribution in [1.29, 1.82) is 0 Å². The Hall–Kier alpha value is -1.77. The minimum atomic E-state index is -0.232. The molecule has 0 fully saturated rings. The van der Waals surface area contributed by atoms with Gasteiger partial charge in [0.25, 0.3) is 0 Å². The lowest BCUT2D eigenvalue weighted by Crippen LogP contribution is -2.45. The van der Waals surface area contributed by atoms with Crippen molar-refractivity contribution in [2.24, 2.45) is 5.41 Å². The Bertz CT molecular complexity index is 569. The summed E-state index contributed by atoms with van der Waals surface area (Å²) in [4.78, 5) is 12.2. The summed E-state index contributed by atoms with van der Waals surface area (Å²) in [5, 5.41) is 3.09. The molecule has 0 unspecified atom stereocenters. The third-order valence-corrected chi connectivity index (χ3v) is 3.64. The molecule has 0 bridgehead atoms. The molecule has 1 rings (SSSR count). The zero-order valence-corrected chi connectivity index (χ0v) is 15.8. The van der Waals surface area contributed by atoms with E-state index in [4.69, 9.17) is 4.74 Å². The number of carbonyl (C=O) groups is 1. The van der Waals surface area contributed by atoms with Crippen molar-refractivity contribution in [2.45, 2.75) is 60.4 Å². The number of rotatable bonds is 5. The van der Waals surface area contributed by atoms with E-state index in [9.17, 15) is 4.79 Å². The predicted molar refractivity (Wildman–Crippen MR) is 97.8 cm³/mol. The van der Waals surface area contributed by atoms with E-state index < -0.39 is 0 Å². The van der Waals surface area contributed by atoms with E-state index in [0.29, 0.717) is 0 Å². The van der Waals surface area contributed by atoms with Crippen LogP contribution in [-0.2, 0) is 4.79 Å². The lowest BCUT2D eigenvalue weighted by molar-refractivity contribution is -0.118. The summed E-state index contributed by atoms with van der Waals surface area (Å²) in [7, 11) is 1.66. The Morgan fingerprint density at radius 3 is 2.09 bits per heavy atom. The average Bonchev–Trinajstić information content (AvgIpc) is 2.33. The van der Waals surface area contributed by atoms with Crippen LogP contribution in [0.25, 0.3) is 6.08 Å². The molecule has 0 spiro atoms. The highest BCUT2D eigenvalue weighted by Gasteiger charge is 2.26. The van der Waals surface area contributed by atoms with Crippen LogP contribution in [0.2, 0.25) is 0 Å². The second-order valence-electron chi connectivity index (χ2n) is 8.12. The number of methoxy groups -OCH3 is 1. The number of aryl methyl sites for hydroxylation is 2. The topological polar surface area (TPSA) is 38.3 Å². The summed E-state index contributed by atoms with van der Waals surface area (Å²) in [6.07, 6.45) is 4.42. The third kappa shape index (κ3) is 6.47. The van der Waals surface area contributed by atoms with Gasteiger partial charge in [0, 0.05) is 11.6 Å². The molecule has 3 heteroatoms. The zero-order valence-electron chi connectivity index (χ0n) is 15.8. The minimum Gasteiger partial charge on any atom is -0.497 e. The van der Waals surface area contributed by atoms with Crippen molar-refractivity contribution in [3.05, 3.63) is 34.9 Å². The maximum absolute atomic E-state index is 12.2. The van der Waals surface area contributed by atoms with Gasteiger partial charge in [0.2, 0.25) is 5.91 Å². The fourth-order valence-corrected chi connectivity index (χ4v) is 3.22. The van der Waals surface area contributed by atoms with Crippen LogP contribution in [0.4, 0.5) is 0 Å². The second kappa shape index (κ2) is 7.20. The molecule has 0 saturated carbocycles. The first kappa shape index (κ1) is 19.3. The van der Waals surface area contributed by atoms with Crippen LogP contribution in [0.15, 0.2) is 18.2 Å². The number of hydrogen-bond acceptors (Lipinski definition) is 2. The second-order valence-corrected chi connectivity index (χ2v) is 8.12. The van der Waals surface area contributed by atoms with Gasteiger partial charge in [-0.3, -0.25) is 4.79 Å². The molecule has 0 aliphatic rings. The molecule has 0 saturated heterocycles. The van der Waals surface area contributed by atoms with Crippen LogP contribution >= 0.6 is 0 Å². The smallest absolute Gasteiger partial charge is 0.244 e. The summed E-state index contributed by atoms with van der Waals surface area (Å²) >= 11 is 0. The van der Waals surface area contributed by atoms with Crippen molar-refractivity contribution in [3.63, 3.8) is 0 Å². The summed E-state index contributed by atoms with van der Waals surface area (Å²) in [6, 6.07) is 3.96. The van der Waals surface area contributed by atoms with E-state index in [0.717, 1.165) is 28.9 Å². The molecule has 1 N–H and O–H groups in total. The maximum atomic E-state index is 12.2. The van der Waals surface area contributed by atoms with Crippen molar-refractivity contribution in [3.8, 4) is 5.75 Å². The molecule has 0 aliphatic heterocycles. The molecule has 3 nitrogen and oxygen atoms in total. The minimum absolute atomic E-state index is 0.0612. The molecule has 0 heterocycles. The Morgan fingerprint density at radius 1 is 1.13 bits per heavy atom. The van der Waals surface area contributed by atoms with Gasteiger partial charge in [0.1, 0.15) is 5.75 Å². The van der Waals surface area contributed by atoms with Crippen LogP contribution in [0.3, 0.4) is 0 Å². The Labute approximate surface area is 141 Å². The van der Waals surface area contributed by atoms with Gasteiger partial charge in [-0.05, 0) is 74.4 Å². The number of amides is 1. The molecule has 128 valence electrons. The Morgan fingerprint density at radius 2 is 1.65 bits per heavy atom. The summed E-state index contributed by atoms with van der Waals surface area (Å²) in [5.41, 5.74) is 3.20. The monoisotopic (exact) mass is 317 g/mol. The lowest BCUT2D eigenvalue weighted by atomic mass is 9.82. The number of benzene rings is 1. The quantitative estimate of drug-likeness (QED) is 0.802. The van der Waals surface area contributed by atoms with Crippen LogP contribution in [0.5, 0.6) is 5.75 Å². The molecule has 0 aromatic heterocycles. The third-order valence-electron chi connectivity index (χ3n) is 3.64. The highest BCUT2D eigenvalue weighted by molar-refractivity contribution is 5.92. The van der Waals surface area contributed by atoms with Gasteiger partial charge in [-0.25, -0.2) is 0 Å². The van der Waals surface area contributed by atoms with Crippen molar-refractivity contribution >= 4 is 12.0 Å².